The highest BCUT2D eigenvalue weighted by atomic mass is 16.5. The van der Waals surface area contributed by atoms with Gasteiger partial charge in [-0.25, -0.2) is 0 Å². The molecule has 4 heteroatoms. The Kier molecular flexibility index (Phi) is 4.56. The average Bonchev–Trinajstić information content (AvgIpc) is 2.54. The third kappa shape index (κ3) is 3.27. The van der Waals surface area contributed by atoms with Gasteiger partial charge in [-0.05, 0) is 24.9 Å². The van der Waals surface area contributed by atoms with Crippen molar-refractivity contribution >= 4 is 5.97 Å². The molecule has 2 atom stereocenters. The van der Waals surface area contributed by atoms with Crippen LogP contribution in [0.25, 0.3) is 0 Å². The lowest BCUT2D eigenvalue weighted by molar-refractivity contribution is -0.151. The molecule has 2 aliphatic heterocycles. The van der Waals surface area contributed by atoms with Crippen LogP contribution in [0.4, 0.5) is 0 Å². The molecule has 1 aromatic carbocycles. The zero-order valence-electron chi connectivity index (χ0n) is 12.7. The number of hydrogen-bond acceptors (Lipinski definition) is 4. The molecule has 2 heterocycles. The molecule has 2 aliphatic rings. The lowest BCUT2D eigenvalue weighted by Gasteiger charge is -2.47. The maximum atomic E-state index is 12.2. The van der Waals surface area contributed by atoms with Crippen molar-refractivity contribution in [2.24, 2.45) is 0 Å². The van der Waals surface area contributed by atoms with Gasteiger partial charge in [-0.1, -0.05) is 36.8 Å². The third-order valence-corrected chi connectivity index (χ3v) is 4.74. The summed E-state index contributed by atoms with van der Waals surface area (Å²) >= 11 is 0. The fourth-order valence-corrected chi connectivity index (χ4v) is 3.59. The van der Waals surface area contributed by atoms with Crippen LogP contribution in [0.3, 0.4) is 0 Å². The fourth-order valence-electron chi connectivity index (χ4n) is 3.59. The number of fused-ring (bicyclic) bond motifs is 1. The Morgan fingerprint density at radius 1 is 1.24 bits per heavy atom. The van der Waals surface area contributed by atoms with Gasteiger partial charge in [0.05, 0.1) is 7.11 Å². The van der Waals surface area contributed by atoms with Crippen molar-refractivity contribution in [2.75, 3.05) is 26.7 Å². The number of ether oxygens (including phenoxy) is 1. The maximum Gasteiger partial charge on any atom is 0.324 e. The van der Waals surface area contributed by atoms with E-state index in [2.05, 4.69) is 34.1 Å². The van der Waals surface area contributed by atoms with E-state index >= 15 is 0 Å². The standard InChI is InChI=1S/C17H24N2O2/c1-21-17(20)16-13-18-10-6-5-9-15(18)12-19(16)11-14-7-3-2-4-8-14/h2-4,7-8,15-16H,5-6,9-13H2,1H3/t15-,16-/m0/s1. The van der Waals surface area contributed by atoms with E-state index in [-0.39, 0.29) is 12.0 Å². The largest absolute Gasteiger partial charge is 0.468 e. The number of carbonyl (C=O) groups is 1. The maximum absolute atomic E-state index is 12.2. The van der Waals surface area contributed by atoms with E-state index in [0.717, 1.165) is 26.2 Å². The Morgan fingerprint density at radius 3 is 2.81 bits per heavy atom. The minimum Gasteiger partial charge on any atom is -0.468 e. The summed E-state index contributed by atoms with van der Waals surface area (Å²) in [4.78, 5) is 16.9. The summed E-state index contributed by atoms with van der Waals surface area (Å²) in [6.07, 6.45) is 3.81. The molecule has 21 heavy (non-hydrogen) atoms. The van der Waals surface area contributed by atoms with Crippen molar-refractivity contribution in [1.29, 1.82) is 0 Å². The van der Waals surface area contributed by atoms with Gasteiger partial charge in [0, 0.05) is 25.7 Å². The monoisotopic (exact) mass is 288 g/mol. The molecule has 2 saturated heterocycles. The number of hydrogen-bond donors (Lipinski definition) is 0. The molecule has 4 nitrogen and oxygen atoms in total. The van der Waals surface area contributed by atoms with Gasteiger partial charge < -0.3 is 4.74 Å². The number of piperazine rings is 1. The number of benzene rings is 1. The van der Waals surface area contributed by atoms with Gasteiger partial charge in [0.1, 0.15) is 6.04 Å². The van der Waals surface area contributed by atoms with Crippen LogP contribution in [-0.4, -0.2) is 54.6 Å². The predicted octanol–water partition coefficient (Wildman–Crippen LogP) is 1.90. The molecule has 2 fully saturated rings. The molecular weight excluding hydrogens is 264 g/mol. The topological polar surface area (TPSA) is 32.8 Å². The lowest BCUT2D eigenvalue weighted by Crippen LogP contribution is -2.61. The molecule has 114 valence electrons. The average molecular weight is 288 g/mol. The highest BCUT2D eigenvalue weighted by Gasteiger charge is 2.38. The van der Waals surface area contributed by atoms with Crippen LogP contribution < -0.4 is 0 Å². The zero-order chi connectivity index (χ0) is 14.7. The molecule has 0 N–H and O–H groups in total. The van der Waals surface area contributed by atoms with Crippen molar-refractivity contribution in [1.82, 2.24) is 9.80 Å². The van der Waals surface area contributed by atoms with Crippen LogP contribution in [0.2, 0.25) is 0 Å². The second kappa shape index (κ2) is 6.58. The number of methoxy groups -OCH3 is 1. The van der Waals surface area contributed by atoms with Crippen LogP contribution in [0.1, 0.15) is 24.8 Å². The van der Waals surface area contributed by atoms with E-state index in [1.54, 1.807) is 0 Å². The number of nitrogens with zero attached hydrogens (tertiary/aromatic N) is 2. The molecule has 0 aromatic heterocycles. The van der Waals surface area contributed by atoms with E-state index in [1.165, 1.54) is 31.9 Å². The molecule has 0 amide bonds. The van der Waals surface area contributed by atoms with Crippen LogP contribution >= 0.6 is 0 Å². The first-order chi connectivity index (χ1) is 10.3. The quantitative estimate of drug-likeness (QED) is 0.795. The summed E-state index contributed by atoms with van der Waals surface area (Å²) in [6, 6.07) is 10.9. The first-order valence-electron chi connectivity index (χ1n) is 7.88. The number of piperidine rings is 1. The van der Waals surface area contributed by atoms with Crippen molar-refractivity contribution in [3.05, 3.63) is 35.9 Å². The van der Waals surface area contributed by atoms with Gasteiger partial charge in [-0.3, -0.25) is 14.6 Å². The van der Waals surface area contributed by atoms with E-state index in [9.17, 15) is 4.79 Å². The third-order valence-electron chi connectivity index (χ3n) is 4.74. The van der Waals surface area contributed by atoms with Gasteiger partial charge in [-0.15, -0.1) is 0 Å². The Labute approximate surface area is 126 Å². The molecular formula is C17H24N2O2. The number of rotatable bonds is 3. The normalized spacial score (nSPS) is 27.1. The summed E-state index contributed by atoms with van der Waals surface area (Å²) in [5.41, 5.74) is 1.26. The van der Waals surface area contributed by atoms with Crippen LogP contribution in [0, 0.1) is 0 Å². The second-order valence-corrected chi connectivity index (χ2v) is 6.10. The Hall–Kier alpha value is -1.39. The van der Waals surface area contributed by atoms with Gasteiger partial charge in [-0.2, -0.15) is 0 Å². The fraction of sp³-hybridized carbons (Fsp3) is 0.588. The summed E-state index contributed by atoms with van der Waals surface area (Å²) in [7, 11) is 1.49. The van der Waals surface area contributed by atoms with E-state index in [4.69, 9.17) is 4.74 Å². The smallest absolute Gasteiger partial charge is 0.324 e. The Morgan fingerprint density at radius 2 is 2.05 bits per heavy atom. The SMILES string of the molecule is COC(=O)[C@@H]1CN2CCCC[C@H]2CN1Cc1ccccc1. The molecule has 0 bridgehead atoms. The summed E-state index contributed by atoms with van der Waals surface area (Å²) < 4.78 is 5.03. The zero-order valence-corrected chi connectivity index (χ0v) is 12.7. The first-order valence-corrected chi connectivity index (χ1v) is 7.88. The molecule has 1 aromatic rings. The summed E-state index contributed by atoms with van der Waals surface area (Å²) in [6.45, 7) is 3.72. The molecule has 0 radical (unpaired) electrons. The molecule has 0 unspecified atom stereocenters. The van der Waals surface area contributed by atoms with Gasteiger partial charge >= 0.3 is 5.97 Å². The molecule has 0 saturated carbocycles. The Bertz CT molecular complexity index is 477. The van der Waals surface area contributed by atoms with Crippen LogP contribution in [0.15, 0.2) is 30.3 Å². The Balaban J connectivity index is 1.75. The minimum atomic E-state index is -0.135. The number of esters is 1. The highest BCUT2D eigenvalue weighted by Crippen LogP contribution is 2.25. The van der Waals surface area contributed by atoms with Gasteiger partial charge in [0.2, 0.25) is 0 Å². The molecule has 0 aliphatic carbocycles. The van der Waals surface area contributed by atoms with E-state index in [1.807, 2.05) is 6.07 Å². The van der Waals surface area contributed by atoms with Crippen molar-refractivity contribution in [3.63, 3.8) is 0 Å². The van der Waals surface area contributed by atoms with Crippen LogP contribution in [-0.2, 0) is 16.1 Å². The molecule has 3 rings (SSSR count). The highest BCUT2D eigenvalue weighted by molar-refractivity contribution is 5.76. The summed E-state index contributed by atoms with van der Waals surface area (Å²) in [5, 5.41) is 0. The van der Waals surface area contributed by atoms with Crippen molar-refractivity contribution < 1.29 is 9.53 Å². The number of carbonyl (C=O) groups excluding carboxylic acids is 1. The summed E-state index contributed by atoms with van der Waals surface area (Å²) in [5.74, 6) is -0.102. The van der Waals surface area contributed by atoms with E-state index < -0.39 is 0 Å². The first kappa shape index (κ1) is 14.5. The minimum absolute atomic E-state index is 0.102. The second-order valence-electron chi connectivity index (χ2n) is 6.10. The van der Waals surface area contributed by atoms with Crippen molar-refractivity contribution in [3.8, 4) is 0 Å². The van der Waals surface area contributed by atoms with Crippen molar-refractivity contribution in [2.45, 2.75) is 37.9 Å². The lowest BCUT2D eigenvalue weighted by atomic mass is 9.96. The van der Waals surface area contributed by atoms with Gasteiger partial charge in [0.15, 0.2) is 0 Å². The van der Waals surface area contributed by atoms with Crippen LogP contribution in [0.5, 0.6) is 0 Å². The van der Waals surface area contributed by atoms with Gasteiger partial charge in [0.25, 0.3) is 0 Å². The predicted molar refractivity (Wildman–Crippen MR) is 81.9 cm³/mol. The van der Waals surface area contributed by atoms with E-state index in [0.29, 0.717) is 6.04 Å². The molecule has 0 spiro atoms.